The minimum Gasteiger partial charge on any atom is -0.343 e. The molecule has 22 heavy (non-hydrogen) atoms. The van der Waals surface area contributed by atoms with E-state index in [0.29, 0.717) is 5.56 Å². The second-order valence-electron chi connectivity index (χ2n) is 4.99. The molecule has 0 saturated carbocycles. The normalized spacial score (nSPS) is 19.1. The number of anilines is 1. The van der Waals surface area contributed by atoms with E-state index in [1.165, 1.54) is 0 Å². The highest BCUT2D eigenvalue weighted by molar-refractivity contribution is 8.00. The van der Waals surface area contributed by atoms with E-state index in [2.05, 4.69) is 15.8 Å². The minimum absolute atomic E-state index is 0.0195. The van der Waals surface area contributed by atoms with E-state index in [4.69, 9.17) is 0 Å². The van der Waals surface area contributed by atoms with E-state index in [9.17, 15) is 4.79 Å². The monoisotopic (exact) mass is 311 g/mol. The van der Waals surface area contributed by atoms with Gasteiger partial charge < -0.3 is 5.32 Å². The number of carbonyl (C=O) groups is 1. The number of hydrazone groups is 1. The van der Waals surface area contributed by atoms with Gasteiger partial charge in [0, 0.05) is 17.1 Å². The van der Waals surface area contributed by atoms with E-state index < -0.39 is 0 Å². The topological polar surface area (TPSA) is 53.5 Å². The average molecular weight is 311 g/mol. The molecular formula is C17H17N3OS. The Morgan fingerprint density at radius 1 is 1.05 bits per heavy atom. The molecular weight excluding hydrogens is 294 g/mol. The Morgan fingerprint density at radius 2 is 1.73 bits per heavy atom. The SMILES string of the molecule is O=C(N[C@H]1CSCC1=NNc1ccccc1)c1ccccc1. The summed E-state index contributed by atoms with van der Waals surface area (Å²) in [5, 5.41) is 7.50. The Hall–Kier alpha value is -2.27. The third-order valence-corrected chi connectivity index (χ3v) is 4.45. The zero-order chi connectivity index (χ0) is 15.2. The van der Waals surface area contributed by atoms with Gasteiger partial charge in [0.15, 0.2) is 0 Å². The lowest BCUT2D eigenvalue weighted by atomic mass is 10.1. The lowest BCUT2D eigenvalue weighted by Gasteiger charge is -2.13. The lowest BCUT2D eigenvalue weighted by Crippen LogP contribution is -2.40. The van der Waals surface area contributed by atoms with Gasteiger partial charge >= 0.3 is 0 Å². The van der Waals surface area contributed by atoms with Crippen LogP contribution in [0.25, 0.3) is 0 Å². The van der Waals surface area contributed by atoms with Crippen molar-refractivity contribution >= 4 is 29.1 Å². The number of carbonyl (C=O) groups excluding carboxylic acids is 1. The van der Waals surface area contributed by atoms with E-state index in [1.54, 1.807) is 11.8 Å². The van der Waals surface area contributed by atoms with Gasteiger partial charge in [-0.2, -0.15) is 16.9 Å². The van der Waals surface area contributed by atoms with Crippen molar-refractivity contribution in [3.8, 4) is 0 Å². The first-order chi connectivity index (χ1) is 10.8. The summed E-state index contributed by atoms with van der Waals surface area (Å²) in [6.07, 6.45) is 0. The summed E-state index contributed by atoms with van der Waals surface area (Å²) in [6, 6.07) is 19.1. The van der Waals surface area contributed by atoms with Crippen LogP contribution in [0.4, 0.5) is 5.69 Å². The van der Waals surface area contributed by atoms with Crippen LogP contribution < -0.4 is 10.7 Å². The molecule has 0 bridgehead atoms. The molecule has 112 valence electrons. The maximum atomic E-state index is 12.2. The highest BCUT2D eigenvalue weighted by Crippen LogP contribution is 2.17. The summed E-state index contributed by atoms with van der Waals surface area (Å²) >= 11 is 1.78. The molecule has 0 unspecified atom stereocenters. The standard InChI is InChI=1S/C17H17N3OS/c21-17(13-7-3-1-4-8-13)18-15-11-22-12-16(15)20-19-14-9-5-2-6-10-14/h1-10,15,19H,11-12H2,(H,18,21)/t15-/m0/s1. The number of hydrogen-bond acceptors (Lipinski definition) is 4. The van der Waals surface area contributed by atoms with Crippen molar-refractivity contribution in [3.63, 3.8) is 0 Å². The highest BCUT2D eigenvalue weighted by atomic mass is 32.2. The Kier molecular flexibility index (Phi) is 4.75. The summed E-state index contributed by atoms with van der Waals surface area (Å²) in [5.74, 6) is 1.63. The molecule has 1 amide bonds. The van der Waals surface area contributed by atoms with Crippen molar-refractivity contribution in [2.75, 3.05) is 16.9 Å². The smallest absolute Gasteiger partial charge is 0.251 e. The van der Waals surface area contributed by atoms with Crippen LogP contribution >= 0.6 is 11.8 Å². The van der Waals surface area contributed by atoms with Crippen LogP contribution in [0.3, 0.4) is 0 Å². The van der Waals surface area contributed by atoms with Crippen molar-refractivity contribution in [2.24, 2.45) is 5.10 Å². The van der Waals surface area contributed by atoms with Crippen molar-refractivity contribution in [3.05, 3.63) is 66.2 Å². The van der Waals surface area contributed by atoms with Gasteiger partial charge in [-0.3, -0.25) is 10.2 Å². The van der Waals surface area contributed by atoms with Gasteiger partial charge in [0.1, 0.15) is 0 Å². The fourth-order valence-electron chi connectivity index (χ4n) is 2.19. The predicted octanol–water partition coefficient (Wildman–Crippen LogP) is 3.00. The molecule has 2 N–H and O–H groups in total. The molecule has 1 fully saturated rings. The Bertz CT molecular complexity index is 658. The van der Waals surface area contributed by atoms with E-state index >= 15 is 0 Å². The lowest BCUT2D eigenvalue weighted by molar-refractivity contribution is 0.0950. The second kappa shape index (κ2) is 7.13. The molecule has 0 aromatic heterocycles. The Morgan fingerprint density at radius 3 is 2.45 bits per heavy atom. The summed E-state index contributed by atoms with van der Waals surface area (Å²) in [4.78, 5) is 12.2. The summed E-state index contributed by atoms with van der Waals surface area (Å²) in [6.45, 7) is 0. The first kappa shape index (κ1) is 14.7. The van der Waals surface area contributed by atoms with Gasteiger partial charge in [-0.05, 0) is 24.3 Å². The van der Waals surface area contributed by atoms with Crippen molar-refractivity contribution < 1.29 is 4.79 Å². The number of nitrogens with zero attached hydrogens (tertiary/aromatic N) is 1. The summed E-state index contributed by atoms with van der Waals surface area (Å²) in [5.41, 5.74) is 5.64. The second-order valence-corrected chi connectivity index (χ2v) is 6.02. The Balaban J connectivity index is 1.64. The number of rotatable bonds is 4. The summed E-state index contributed by atoms with van der Waals surface area (Å²) < 4.78 is 0. The molecule has 3 rings (SSSR count). The molecule has 1 aliphatic rings. The van der Waals surface area contributed by atoms with Crippen LogP contribution in [0.5, 0.6) is 0 Å². The van der Waals surface area contributed by atoms with Crippen molar-refractivity contribution in [1.29, 1.82) is 0 Å². The fourth-order valence-corrected chi connectivity index (χ4v) is 3.30. The largest absolute Gasteiger partial charge is 0.343 e. The zero-order valence-electron chi connectivity index (χ0n) is 12.0. The molecule has 1 heterocycles. The molecule has 2 aromatic carbocycles. The first-order valence-corrected chi connectivity index (χ1v) is 8.29. The van der Waals surface area contributed by atoms with Crippen LogP contribution in [0.1, 0.15) is 10.4 Å². The first-order valence-electron chi connectivity index (χ1n) is 7.14. The number of nitrogens with one attached hydrogen (secondary N) is 2. The van der Waals surface area contributed by atoms with Gasteiger partial charge in [-0.1, -0.05) is 36.4 Å². The third kappa shape index (κ3) is 3.68. The molecule has 2 aromatic rings. The predicted molar refractivity (Wildman–Crippen MR) is 92.5 cm³/mol. The molecule has 1 aliphatic heterocycles. The minimum atomic E-state index is -0.0551. The number of thioether (sulfide) groups is 1. The molecule has 5 heteroatoms. The quantitative estimate of drug-likeness (QED) is 0.854. The fraction of sp³-hybridized carbons (Fsp3) is 0.176. The number of para-hydroxylation sites is 1. The zero-order valence-corrected chi connectivity index (χ0v) is 12.8. The van der Waals surface area contributed by atoms with E-state index in [-0.39, 0.29) is 11.9 Å². The highest BCUT2D eigenvalue weighted by Gasteiger charge is 2.25. The van der Waals surface area contributed by atoms with Crippen LogP contribution in [0, 0.1) is 0 Å². The van der Waals surface area contributed by atoms with Crippen LogP contribution in [0.15, 0.2) is 65.8 Å². The van der Waals surface area contributed by atoms with Crippen LogP contribution in [-0.4, -0.2) is 29.2 Å². The van der Waals surface area contributed by atoms with Gasteiger partial charge in [0.05, 0.1) is 17.4 Å². The maximum absolute atomic E-state index is 12.2. The number of hydrogen-bond donors (Lipinski definition) is 2. The number of amides is 1. The maximum Gasteiger partial charge on any atom is 0.251 e. The third-order valence-electron chi connectivity index (χ3n) is 3.38. The van der Waals surface area contributed by atoms with Crippen molar-refractivity contribution in [2.45, 2.75) is 6.04 Å². The molecule has 4 nitrogen and oxygen atoms in total. The van der Waals surface area contributed by atoms with Gasteiger partial charge in [0.2, 0.25) is 0 Å². The van der Waals surface area contributed by atoms with Gasteiger partial charge in [0.25, 0.3) is 5.91 Å². The van der Waals surface area contributed by atoms with Gasteiger partial charge in [-0.25, -0.2) is 0 Å². The molecule has 0 radical (unpaired) electrons. The Labute approximate surface area is 134 Å². The van der Waals surface area contributed by atoms with E-state index in [0.717, 1.165) is 22.9 Å². The van der Waals surface area contributed by atoms with E-state index in [1.807, 2.05) is 60.7 Å². The molecule has 0 aliphatic carbocycles. The van der Waals surface area contributed by atoms with Gasteiger partial charge in [-0.15, -0.1) is 0 Å². The number of benzene rings is 2. The van der Waals surface area contributed by atoms with Crippen LogP contribution in [-0.2, 0) is 0 Å². The summed E-state index contributed by atoms with van der Waals surface area (Å²) in [7, 11) is 0. The molecule has 1 saturated heterocycles. The van der Waals surface area contributed by atoms with Crippen LogP contribution in [0.2, 0.25) is 0 Å². The van der Waals surface area contributed by atoms with Crippen molar-refractivity contribution in [1.82, 2.24) is 5.32 Å². The molecule has 1 atom stereocenters. The average Bonchev–Trinajstić information content (AvgIpc) is 3.02. The molecule has 0 spiro atoms.